The Balaban J connectivity index is 0.00000298. The Morgan fingerprint density at radius 2 is 1.17 bits per heavy atom. The Morgan fingerprint density at radius 3 is 1.57 bits per heavy atom. The summed E-state index contributed by atoms with van der Waals surface area (Å²) in [4.78, 5) is 26.5. The molecule has 0 radical (unpaired) electrons. The number of Topliss-reactive ketones (excluding diaryl/α,β-unsaturated/α-hetero) is 1. The van der Waals surface area contributed by atoms with Crippen molar-refractivity contribution in [2.45, 2.75) is 79.9 Å². The molecule has 4 nitrogen and oxygen atoms in total. The second-order valence-corrected chi connectivity index (χ2v) is 11.0. The number of hydrogen-bond donors (Lipinski definition) is 2. The van der Waals surface area contributed by atoms with E-state index in [-0.39, 0.29) is 35.7 Å². The minimum atomic E-state index is -0.708. The van der Waals surface area contributed by atoms with E-state index in [1.165, 1.54) is 0 Å². The van der Waals surface area contributed by atoms with E-state index in [1.807, 2.05) is 77.9 Å². The summed E-state index contributed by atoms with van der Waals surface area (Å²) in [5, 5.41) is 7.02. The van der Waals surface area contributed by atoms with Gasteiger partial charge < -0.3 is 10.6 Å². The van der Waals surface area contributed by atoms with Crippen molar-refractivity contribution >= 4 is 34.1 Å². The summed E-state index contributed by atoms with van der Waals surface area (Å²) in [6, 6.07) is 20.2. The van der Waals surface area contributed by atoms with Gasteiger partial charge in [-0.15, -0.1) is 0 Å². The molecule has 0 saturated heterocycles. The summed E-state index contributed by atoms with van der Waals surface area (Å²) in [7, 11) is 0. The molecule has 2 aromatic rings. The van der Waals surface area contributed by atoms with Crippen molar-refractivity contribution in [2.24, 2.45) is 16.7 Å². The van der Waals surface area contributed by atoms with Gasteiger partial charge in [-0.3, -0.25) is 9.59 Å². The van der Waals surface area contributed by atoms with Gasteiger partial charge in [0.1, 0.15) is 5.78 Å². The van der Waals surface area contributed by atoms with Crippen LogP contribution in [-0.4, -0.2) is 17.7 Å². The van der Waals surface area contributed by atoms with Crippen LogP contribution >= 0.6 is 0 Å². The fourth-order valence-electron chi connectivity index (χ4n) is 4.81. The Morgan fingerprint density at radius 1 is 0.743 bits per heavy atom. The third-order valence-corrected chi connectivity index (χ3v) is 6.14. The molecule has 6 heteroatoms. The van der Waals surface area contributed by atoms with Gasteiger partial charge in [0.15, 0.2) is 0 Å². The van der Waals surface area contributed by atoms with E-state index >= 15 is 0 Å². The molecule has 0 fully saturated rings. The highest BCUT2D eigenvalue weighted by molar-refractivity contribution is 8.07. The SMILES string of the molecule is CC(C)N[C@@H](c1ccccc1)[C@@H](NC(=O)C(C)(C)CC(C)(C)C(=O)C(C)C)c1ccccc1.S=S. The fourth-order valence-corrected chi connectivity index (χ4v) is 4.81. The van der Waals surface area contributed by atoms with Gasteiger partial charge >= 0.3 is 0 Å². The molecule has 35 heavy (non-hydrogen) atoms. The molecule has 0 bridgehead atoms. The van der Waals surface area contributed by atoms with Crippen molar-refractivity contribution in [3.05, 3.63) is 71.8 Å². The van der Waals surface area contributed by atoms with E-state index in [1.54, 1.807) is 0 Å². The fraction of sp³-hybridized carbons (Fsp3) is 0.517. The van der Waals surface area contributed by atoms with Crippen LogP contribution in [-0.2, 0) is 32.0 Å². The van der Waals surface area contributed by atoms with E-state index in [2.05, 4.69) is 71.1 Å². The lowest BCUT2D eigenvalue weighted by molar-refractivity contribution is -0.137. The van der Waals surface area contributed by atoms with Gasteiger partial charge in [0.2, 0.25) is 5.91 Å². The molecule has 192 valence electrons. The number of ketones is 1. The predicted molar refractivity (Wildman–Crippen MR) is 152 cm³/mol. The smallest absolute Gasteiger partial charge is 0.226 e. The van der Waals surface area contributed by atoms with Gasteiger partial charge in [-0.05, 0) is 17.5 Å². The summed E-state index contributed by atoms with van der Waals surface area (Å²) in [5.74, 6) is 0.0766. The minimum Gasteiger partial charge on any atom is -0.347 e. The third-order valence-electron chi connectivity index (χ3n) is 6.14. The molecule has 1 amide bonds. The second kappa shape index (κ2) is 13.9. The van der Waals surface area contributed by atoms with Crippen molar-refractivity contribution in [1.29, 1.82) is 0 Å². The van der Waals surface area contributed by atoms with Gasteiger partial charge in [-0.1, -0.05) is 116 Å². The largest absolute Gasteiger partial charge is 0.347 e. The Kier molecular flexibility index (Phi) is 12.3. The van der Waals surface area contributed by atoms with Crippen LogP contribution in [0.25, 0.3) is 0 Å². The van der Waals surface area contributed by atoms with Crippen molar-refractivity contribution in [2.75, 3.05) is 0 Å². The lowest BCUT2D eigenvalue weighted by Gasteiger charge is -2.37. The van der Waals surface area contributed by atoms with Crippen LogP contribution < -0.4 is 10.6 Å². The quantitative estimate of drug-likeness (QED) is 0.371. The maximum Gasteiger partial charge on any atom is 0.226 e. The first-order valence-corrected chi connectivity index (χ1v) is 13.6. The first-order valence-electron chi connectivity index (χ1n) is 12.2. The highest BCUT2D eigenvalue weighted by atomic mass is 32.8. The van der Waals surface area contributed by atoms with Gasteiger partial charge in [-0.2, -0.15) is 0 Å². The molecule has 2 aromatic carbocycles. The van der Waals surface area contributed by atoms with Crippen molar-refractivity contribution in [3.63, 3.8) is 0 Å². The normalized spacial score (nSPS) is 13.5. The maximum absolute atomic E-state index is 13.7. The lowest BCUT2D eigenvalue weighted by atomic mass is 9.70. The highest BCUT2D eigenvalue weighted by Crippen LogP contribution is 2.38. The minimum absolute atomic E-state index is 0.0486. The van der Waals surface area contributed by atoms with Crippen molar-refractivity contribution < 1.29 is 9.59 Å². The molecule has 0 aliphatic carbocycles. The standard InChI is InChI=1S/C29H42N2O2.S2/c1-20(2)26(32)28(5,6)19-29(7,8)27(33)31-25(23-17-13-10-14-18-23)24(30-21(3)4)22-15-11-9-12-16-22;1-2/h9-18,20-21,24-25,30H,19H2,1-8H3,(H,31,33);/t24-,25-;/m0./s1. The second-order valence-electron chi connectivity index (χ2n) is 11.0. The number of rotatable bonds is 11. The highest BCUT2D eigenvalue weighted by Gasteiger charge is 2.41. The van der Waals surface area contributed by atoms with Crippen LogP contribution in [0.3, 0.4) is 0 Å². The third kappa shape index (κ3) is 9.17. The summed E-state index contributed by atoms with van der Waals surface area (Å²) in [6.45, 7) is 15.8. The Labute approximate surface area is 222 Å². The predicted octanol–water partition coefficient (Wildman–Crippen LogP) is 6.25. The van der Waals surface area contributed by atoms with E-state index in [0.717, 1.165) is 11.1 Å². The van der Waals surface area contributed by atoms with Crippen molar-refractivity contribution in [1.82, 2.24) is 10.6 Å². The van der Waals surface area contributed by atoms with E-state index < -0.39 is 10.8 Å². The zero-order valence-electron chi connectivity index (χ0n) is 22.4. The maximum atomic E-state index is 13.7. The first-order chi connectivity index (χ1) is 16.3. The van der Waals surface area contributed by atoms with E-state index in [0.29, 0.717) is 6.42 Å². The lowest BCUT2D eigenvalue weighted by Crippen LogP contribution is -2.47. The monoisotopic (exact) mass is 514 g/mol. The van der Waals surface area contributed by atoms with Gasteiger partial charge in [0.05, 0.1) is 12.1 Å². The Hall–Kier alpha value is -2.02. The number of carbonyl (C=O) groups excluding carboxylic acids is 2. The molecule has 0 heterocycles. The van der Waals surface area contributed by atoms with Crippen LogP contribution in [0.4, 0.5) is 0 Å². The van der Waals surface area contributed by atoms with E-state index in [9.17, 15) is 9.59 Å². The average molecular weight is 515 g/mol. The van der Waals surface area contributed by atoms with Crippen LogP contribution in [0.15, 0.2) is 60.7 Å². The van der Waals surface area contributed by atoms with E-state index in [4.69, 9.17) is 0 Å². The molecule has 0 aromatic heterocycles. The molecule has 0 aliphatic rings. The molecular formula is C29H42N2O2S2. The van der Waals surface area contributed by atoms with Gasteiger partial charge in [0, 0.05) is 45.2 Å². The summed E-state index contributed by atoms with van der Waals surface area (Å²) in [6.07, 6.45) is 0.484. The zero-order valence-corrected chi connectivity index (χ0v) is 24.1. The summed E-state index contributed by atoms with van der Waals surface area (Å²) >= 11 is 7.33. The molecule has 0 aliphatic heterocycles. The first kappa shape index (κ1) is 31.0. The number of nitrogens with one attached hydrogen (secondary N) is 2. The molecule has 0 unspecified atom stereocenters. The Bertz CT molecular complexity index is 928. The number of amides is 1. The average Bonchev–Trinajstić information content (AvgIpc) is 2.82. The zero-order chi connectivity index (χ0) is 26.8. The molecule has 0 saturated carbocycles. The molecular weight excluding hydrogens is 472 g/mol. The number of hydrogen-bond acceptors (Lipinski definition) is 5. The van der Waals surface area contributed by atoms with Crippen LogP contribution in [0.5, 0.6) is 0 Å². The van der Waals surface area contributed by atoms with Gasteiger partial charge in [-0.25, -0.2) is 0 Å². The van der Waals surface area contributed by atoms with Crippen LogP contribution in [0, 0.1) is 16.7 Å². The van der Waals surface area contributed by atoms with Gasteiger partial charge in [0.25, 0.3) is 0 Å². The summed E-state index contributed by atoms with van der Waals surface area (Å²) < 4.78 is 0. The molecule has 2 atom stereocenters. The molecule has 2 N–H and O–H groups in total. The number of carbonyl (C=O) groups is 2. The van der Waals surface area contributed by atoms with Crippen molar-refractivity contribution in [3.8, 4) is 0 Å². The topological polar surface area (TPSA) is 58.2 Å². The van der Waals surface area contributed by atoms with Crippen LogP contribution in [0.1, 0.15) is 85.0 Å². The molecule has 0 spiro atoms. The summed E-state index contributed by atoms with van der Waals surface area (Å²) in [5.41, 5.74) is 0.876. The van der Waals surface area contributed by atoms with Crippen LogP contribution in [0.2, 0.25) is 0 Å². The number of benzene rings is 2. The molecule has 2 rings (SSSR count).